The second-order valence-electron chi connectivity index (χ2n) is 6.05. The minimum atomic E-state index is -2.86. The fourth-order valence-corrected chi connectivity index (χ4v) is 19.3. The van der Waals surface area contributed by atoms with Crippen LogP contribution in [0.1, 0.15) is 59.3 Å². The number of pyridine rings is 1. The molecule has 0 aliphatic rings. The van der Waals surface area contributed by atoms with E-state index in [-0.39, 0.29) is 0 Å². The summed E-state index contributed by atoms with van der Waals surface area (Å²) in [4.78, 5) is 3.49. The summed E-state index contributed by atoms with van der Waals surface area (Å²) in [5.74, 6) is -1.55. The van der Waals surface area contributed by atoms with E-state index in [0.29, 0.717) is 0 Å². The molecule has 0 saturated heterocycles. The Morgan fingerprint density at radius 2 is 1.38 bits per heavy atom. The molecule has 0 atom stereocenters. The summed E-state index contributed by atoms with van der Waals surface area (Å²) in [5, 5.41) is 0. The van der Waals surface area contributed by atoms with Crippen molar-refractivity contribution in [3.8, 4) is 0 Å². The monoisotopic (exact) mass is 405 g/mol. The molecule has 1 nitrogen and oxygen atoms in total. The molecule has 0 spiro atoms. The van der Waals surface area contributed by atoms with Crippen LogP contribution in [-0.2, 0) is 0 Å². The van der Waals surface area contributed by atoms with Crippen LogP contribution in [-0.4, -0.2) is 23.4 Å². The van der Waals surface area contributed by atoms with Crippen LogP contribution in [0.5, 0.6) is 0 Å². The molecule has 0 aliphatic carbocycles. The van der Waals surface area contributed by atoms with Gasteiger partial charge in [-0.15, -0.1) is 0 Å². The van der Waals surface area contributed by atoms with Crippen molar-refractivity contribution >= 4 is 22.0 Å². The first kappa shape index (κ1) is 18.9. The Labute approximate surface area is 132 Å². The molecule has 0 aliphatic heterocycles. The third kappa shape index (κ3) is 5.18. The summed E-state index contributed by atoms with van der Waals surface area (Å²) < 4.78 is 32.2. The van der Waals surface area contributed by atoms with E-state index >= 15 is 0 Å². The third-order valence-corrected chi connectivity index (χ3v) is 20.0. The van der Waals surface area contributed by atoms with Crippen LogP contribution in [0, 0.1) is 11.8 Å². The average molecular weight is 404 g/mol. The standard InChI is InChI=1S/C5H2F2N.3C4H9.Sn/c6-4-2-1-3-8-5(4)7;3*1-3-4-2;/h1,3H;3*1,3-4H2,2H3;. The molecule has 21 heavy (non-hydrogen) atoms. The van der Waals surface area contributed by atoms with Crippen molar-refractivity contribution in [1.29, 1.82) is 0 Å². The molecule has 0 N–H and O–H groups in total. The van der Waals surface area contributed by atoms with Gasteiger partial charge < -0.3 is 0 Å². The third-order valence-electron chi connectivity index (χ3n) is 4.44. The molecule has 0 aromatic carbocycles. The van der Waals surface area contributed by atoms with Gasteiger partial charge in [-0.1, -0.05) is 0 Å². The summed E-state index contributed by atoms with van der Waals surface area (Å²) in [7, 11) is 0. The Morgan fingerprint density at radius 1 is 0.905 bits per heavy atom. The number of aromatic nitrogens is 1. The van der Waals surface area contributed by atoms with E-state index in [2.05, 4.69) is 25.8 Å². The first-order chi connectivity index (χ1) is 10.1. The van der Waals surface area contributed by atoms with Gasteiger partial charge in [0.05, 0.1) is 0 Å². The van der Waals surface area contributed by atoms with Crippen LogP contribution in [0.2, 0.25) is 13.3 Å². The second-order valence-corrected chi connectivity index (χ2v) is 19.2. The molecule has 0 radical (unpaired) electrons. The van der Waals surface area contributed by atoms with Crippen LogP contribution in [0.25, 0.3) is 0 Å². The number of nitrogens with zero attached hydrogens (tertiary/aromatic N) is 1. The molecule has 1 aromatic rings. The maximum atomic E-state index is 14.4. The van der Waals surface area contributed by atoms with Crippen molar-refractivity contribution in [3.63, 3.8) is 0 Å². The number of hydrogen-bond acceptors (Lipinski definition) is 1. The van der Waals surface area contributed by atoms with E-state index in [4.69, 9.17) is 0 Å². The van der Waals surface area contributed by atoms with E-state index in [1.807, 2.05) is 0 Å². The molecule has 1 aromatic heterocycles. The van der Waals surface area contributed by atoms with Crippen LogP contribution in [0.15, 0.2) is 12.3 Å². The zero-order chi connectivity index (χ0) is 15.7. The molecule has 120 valence electrons. The summed E-state index contributed by atoms with van der Waals surface area (Å²) in [6.45, 7) is 6.54. The molecule has 4 heteroatoms. The number of hydrogen-bond donors (Lipinski definition) is 0. The average Bonchev–Trinajstić information content (AvgIpc) is 2.50. The van der Waals surface area contributed by atoms with Crippen molar-refractivity contribution < 1.29 is 8.78 Å². The molecular weight excluding hydrogens is 375 g/mol. The fourth-order valence-electron chi connectivity index (χ4n) is 3.15. The van der Waals surface area contributed by atoms with E-state index in [1.54, 1.807) is 6.07 Å². The number of unbranched alkanes of at least 4 members (excludes halogenated alkanes) is 3. The first-order valence-electron chi connectivity index (χ1n) is 8.41. The van der Waals surface area contributed by atoms with Crippen LogP contribution >= 0.6 is 0 Å². The number of rotatable bonds is 10. The zero-order valence-electron chi connectivity index (χ0n) is 13.7. The molecule has 1 heterocycles. The van der Waals surface area contributed by atoms with Gasteiger partial charge in [0.25, 0.3) is 0 Å². The Bertz CT molecular complexity index is 401. The van der Waals surface area contributed by atoms with Crippen molar-refractivity contribution in [2.24, 2.45) is 0 Å². The molecule has 0 unspecified atom stereocenters. The van der Waals surface area contributed by atoms with Crippen molar-refractivity contribution in [3.05, 3.63) is 24.0 Å². The van der Waals surface area contributed by atoms with Crippen LogP contribution in [0.4, 0.5) is 8.78 Å². The Balaban J connectivity index is 3.19. The van der Waals surface area contributed by atoms with E-state index < -0.39 is 30.1 Å². The van der Waals surface area contributed by atoms with E-state index in [0.717, 1.165) is 55.4 Å². The van der Waals surface area contributed by atoms with Gasteiger partial charge in [0.15, 0.2) is 0 Å². The predicted octanol–water partition coefficient (Wildman–Crippen LogP) is 5.42. The molecule has 0 fully saturated rings. The number of halogens is 2. The van der Waals surface area contributed by atoms with E-state index in [1.165, 1.54) is 6.20 Å². The SMILES string of the molecule is CCC[CH2][Sn]([CH2]CCC)([CH2]CCC)[c]1ccnc(F)c1F. The Morgan fingerprint density at radius 3 is 1.81 bits per heavy atom. The van der Waals surface area contributed by atoms with Crippen LogP contribution in [0.3, 0.4) is 0 Å². The zero-order valence-corrected chi connectivity index (χ0v) is 16.6. The van der Waals surface area contributed by atoms with Gasteiger partial charge >= 0.3 is 132 Å². The summed E-state index contributed by atoms with van der Waals surface area (Å²) in [6, 6.07) is 1.79. The van der Waals surface area contributed by atoms with Gasteiger partial charge in [-0.3, -0.25) is 0 Å². The van der Waals surface area contributed by atoms with Gasteiger partial charge in [-0.2, -0.15) is 0 Å². The Hall–Kier alpha value is -0.191. The molecule has 0 amide bonds. The van der Waals surface area contributed by atoms with Gasteiger partial charge in [-0.25, -0.2) is 0 Å². The fraction of sp³-hybridized carbons (Fsp3) is 0.706. The maximum absolute atomic E-state index is 14.4. The quantitative estimate of drug-likeness (QED) is 0.375. The molecule has 0 bridgehead atoms. The predicted molar refractivity (Wildman–Crippen MR) is 88.7 cm³/mol. The second kappa shape index (κ2) is 9.75. The van der Waals surface area contributed by atoms with Crippen molar-refractivity contribution in [1.82, 2.24) is 4.98 Å². The summed E-state index contributed by atoms with van der Waals surface area (Å²) in [5.41, 5.74) is 0. The molecule has 0 saturated carbocycles. The van der Waals surface area contributed by atoms with Gasteiger partial charge in [-0.05, 0) is 0 Å². The topological polar surface area (TPSA) is 12.9 Å². The van der Waals surface area contributed by atoms with Crippen molar-refractivity contribution in [2.75, 3.05) is 0 Å². The van der Waals surface area contributed by atoms with Gasteiger partial charge in [0.2, 0.25) is 0 Å². The molecule has 1 rings (SSSR count). The first-order valence-corrected chi connectivity index (χ1v) is 15.9. The normalized spacial score (nSPS) is 11.9. The van der Waals surface area contributed by atoms with E-state index in [9.17, 15) is 8.78 Å². The van der Waals surface area contributed by atoms with Crippen molar-refractivity contribution in [2.45, 2.75) is 72.6 Å². The minimum absolute atomic E-state index is 0.642. The van der Waals surface area contributed by atoms with Gasteiger partial charge in [0.1, 0.15) is 0 Å². The summed E-state index contributed by atoms with van der Waals surface area (Å²) in [6.07, 6.45) is 8.29. The van der Waals surface area contributed by atoms with Gasteiger partial charge in [0, 0.05) is 0 Å². The molecular formula is C17H29F2NSn. The van der Waals surface area contributed by atoms with Crippen LogP contribution < -0.4 is 3.58 Å². The Kier molecular flexibility index (Phi) is 8.76. The summed E-state index contributed by atoms with van der Waals surface area (Å²) >= 11 is -2.86.